The van der Waals surface area contributed by atoms with E-state index in [4.69, 9.17) is 0 Å². The molecule has 0 aliphatic rings. The van der Waals surface area contributed by atoms with Crippen LogP contribution in [0.15, 0.2) is 6.07 Å². The lowest BCUT2D eigenvalue weighted by molar-refractivity contribution is 0.101. The number of carbonyl (C=O) groups excluding carboxylic acids is 1. The summed E-state index contributed by atoms with van der Waals surface area (Å²) in [5.41, 5.74) is 3.41. The molecule has 0 aliphatic carbocycles. The van der Waals surface area contributed by atoms with Gasteiger partial charge in [-0.3, -0.25) is 4.79 Å². The molecule has 0 amide bonds. The van der Waals surface area contributed by atoms with Crippen LogP contribution in [0.5, 0.6) is 5.75 Å². The average Bonchev–Trinajstić information content (AvgIpc) is 2.07. The van der Waals surface area contributed by atoms with Gasteiger partial charge in [0.05, 0.1) is 0 Å². The van der Waals surface area contributed by atoms with E-state index >= 15 is 0 Å². The van der Waals surface area contributed by atoms with E-state index in [1.54, 1.807) is 6.07 Å². The van der Waals surface area contributed by atoms with Gasteiger partial charge in [-0.1, -0.05) is 0 Å². The molecule has 70 valence electrons. The van der Waals surface area contributed by atoms with Crippen molar-refractivity contribution < 1.29 is 9.90 Å². The second-order valence-corrected chi connectivity index (χ2v) is 3.37. The summed E-state index contributed by atoms with van der Waals surface area (Å²) in [7, 11) is 0. The van der Waals surface area contributed by atoms with Crippen LogP contribution >= 0.6 is 0 Å². The van der Waals surface area contributed by atoms with Gasteiger partial charge in [-0.2, -0.15) is 0 Å². The van der Waals surface area contributed by atoms with Gasteiger partial charge in [0.25, 0.3) is 0 Å². The Balaban J connectivity index is 3.50. The molecule has 2 nitrogen and oxygen atoms in total. The highest BCUT2D eigenvalue weighted by Gasteiger charge is 2.11. The zero-order chi connectivity index (χ0) is 10.2. The van der Waals surface area contributed by atoms with Gasteiger partial charge in [0.15, 0.2) is 5.78 Å². The fraction of sp³-hybridized carbons (Fsp3) is 0.364. The first-order chi connectivity index (χ1) is 5.95. The number of phenolic OH excluding ortho intramolecular Hbond substituents is 1. The second-order valence-electron chi connectivity index (χ2n) is 3.37. The standard InChI is InChI=1S/C11H14O2/c1-6-7(2)10(9(4)12)5-11(13)8(6)3/h5,13H,1-4H3. The van der Waals surface area contributed by atoms with E-state index in [1.807, 2.05) is 20.8 Å². The van der Waals surface area contributed by atoms with Gasteiger partial charge in [-0.05, 0) is 50.5 Å². The Morgan fingerprint density at radius 2 is 1.69 bits per heavy atom. The molecule has 0 radical (unpaired) electrons. The van der Waals surface area contributed by atoms with E-state index in [1.165, 1.54) is 6.92 Å². The average molecular weight is 178 g/mol. The number of carbonyl (C=O) groups is 1. The van der Waals surface area contributed by atoms with Crippen molar-refractivity contribution in [2.45, 2.75) is 27.7 Å². The summed E-state index contributed by atoms with van der Waals surface area (Å²) in [6.07, 6.45) is 0. The first kappa shape index (κ1) is 9.78. The molecule has 1 rings (SSSR count). The van der Waals surface area contributed by atoms with Crippen molar-refractivity contribution in [1.29, 1.82) is 0 Å². The van der Waals surface area contributed by atoms with Crippen LogP contribution in [0.1, 0.15) is 34.0 Å². The summed E-state index contributed by atoms with van der Waals surface area (Å²) < 4.78 is 0. The molecule has 0 aliphatic heterocycles. The molecule has 0 saturated heterocycles. The smallest absolute Gasteiger partial charge is 0.160 e. The minimum atomic E-state index is -0.00380. The topological polar surface area (TPSA) is 37.3 Å². The van der Waals surface area contributed by atoms with Crippen LogP contribution in [-0.4, -0.2) is 10.9 Å². The maximum absolute atomic E-state index is 11.2. The summed E-state index contributed by atoms with van der Waals surface area (Å²) in [6.45, 7) is 7.17. The third-order valence-corrected chi connectivity index (χ3v) is 2.57. The lowest BCUT2D eigenvalue weighted by Gasteiger charge is -2.10. The Bertz CT molecular complexity index is 365. The minimum Gasteiger partial charge on any atom is -0.508 e. The van der Waals surface area contributed by atoms with Gasteiger partial charge in [0.1, 0.15) is 5.75 Å². The van der Waals surface area contributed by atoms with Gasteiger partial charge < -0.3 is 5.11 Å². The molecule has 0 fully saturated rings. The Hall–Kier alpha value is -1.31. The van der Waals surface area contributed by atoms with E-state index in [0.717, 1.165) is 16.7 Å². The van der Waals surface area contributed by atoms with E-state index in [0.29, 0.717) is 5.56 Å². The zero-order valence-corrected chi connectivity index (χ0v) is 8.43. The zero-order valence-electron chi connectivity index (χ0n) is 8.43. The molecule has 0 spiro atoms. The van der Waals surface area contributed by atoms with E-state index in [-0.39, 0.29) is 11.5 Å². The van der Waals surface area contributed by atoms with Crippen molar-refractivity contribution in [3.63, 3.8) is 0 Å². The Kier molecular flexibility index (Phi) is 2.41. The van der Waals surface area contributed by atoms with Crippen molar-refractivity contribution in [3.8, 4) is 5.75 Å². The van der Waals surface area contributed by atoms with Crippen molar-refractivity contribution in [2.75, 3.05) is 0 Å². The van der Waals surface area contributed by atoms with Crippen molar-refractivity contribution >= 4 is 5.78 Å². The van der Waals surface area contributed by atoms with E-state index in [9.17, 15) is 9.90 Å². The van der Waals surface area contributed by atoms with Crippen LogP contribution in [-0.2, 0) is 0 Å². The molecule has 0 unspecified atom stereocenters. The Labute approximate surface area is 78.2 Å². The van der Waals surface area contributed by atoms with Crippen molar-refractivity contribution in [3.05, 3.63) is 28.3 Å². The summed E-state index contributed by atoms with van der Waals surface area (Å²) in [6, 6.07) is 1.54. The van der Waals surface area contributed by atoms with Gasteiger partial charge >= 0.3 is 0 Å². The SMILES string of the molecule is CC(=O)c1cc(O)c(C)c(C)c1C. The molecule has 1 aromatic rings. The molecule has 0 atom stereocenters. The maximum atomic E-state index is 11.2. The number of ketones is 1. The number of rotatable bonds is 1. The first-order valence-corrected chi connectivity index (χ1v) is 4.26. The highest BCUT2D eigenvalue weighted by molar-refractivity contribution is 5.96. The minimum absolute atomic E-state index is 0.00380. The number of hydrogen-bond acceptors (Lipinski definition) is 2. The van der Waals surface area contributed by atoms with Crippen LogP contribution in [0.25, 0.3) is 0 Å². The van der Waals surface area contributed by atoms with Crippen molar-refractivity contribution in [2.24, 2.45) is 0 Å². The summed E-state index contributed by atoms with van der Waals surface area (Å²) in [5, 5.41) is 9.50. The molecular formula is C11H14O2. The number of benzene rings is 1. The second kappa shape index (κ2) is 3.21. The third-order valence-electron chi connectivity index (χ3n) is 2.57. The number of aromatic hydroxyl groups is 1. The summed E-state index contributed by atoms with van der Waals surface area (Å²) >= 11 is 0. The summed E-state index contributed by atoms with van der Waals surface area (Å²) in [5.74, 6) is 0.198. The normalized spacial score (nSPS) is 10.2. The van der Waals surface area contributed by atoms with Gasteiger partial charge in [0, 0.05) is 5.56 Å². The van der Waals surface area contributed by atoms with Gasteiger partial charge in [0.2, 0.25) is 0 Å². The van der Waals surface area contributed by atoms with Gasteiger partial charge in [-0.25, -0.2) is 0 Å². The predicted molar refractivity (Wildman–Crippen MR) is 52.3 cm³/mol. The van der Waals surface area contributed by atoms with Crippen LogP contribution in [0.4, 0.5) is 0 Å². The molecule has 0 bridgehead atoms. The number of phenols is 1. The predicted octanol–water partition coefficient (Wildman–Crippen LogP) is 2.52. The highest BCUT2D eigenvalue weighted by Crippen LogP contribution is 2.26. The van der Waals surface area contributed by atoms with Gasteiger partial charge in [-0.15, -0.1) is 0 Å². The molecule has 1 N–H and O–H groups in total. The van der Waals surface area contributed by atoms with Crippen LogP contribution < -0.4 is 0 Å². The monoisotopic (exact) mass is 178 g/mol. The lowest BCUT2D eigenvalue weighted by Crippen LogP contribution is -2.00. The first-order valence-electron chi connectivity index (χ1n) is 4.26. The molecule has 1 aromatic carbocycles. The van der Waals surface area contributed by atoms with Crippen LogP contribution in [0.3, 0.4) is 0 Å². The Morgan fingerprint density at radius 3 is 2.15 bits per heavy atom. The van der Waals surface area contributed by atoms with Crippen molar-refractivity contribution in [1.82, 2.24) is 0 Å². The Morgan fingerprint density at radius 1 is 1.15 bits per heavy atom. The fourth-order valence-electron chi connectivity index (χ4n) is 1.39. The summed E-state index contributed by atoms with van der Waals surface area (Å²) in [4.78, 5) is 11.2. The van der Waals surface area contributed by atoms with E-state index < -0.39 is 0 Å². The third kappa shape index (κ3) is 1.57. The maximum Gasteiger partial charge on any atom is 0.160 e. The molecule has 0 aromatic heterocycles. The van der Waals surface area contributed by atoms with Crippen LogP contribution in [0, 0.1) is 20.8 Å². The lowest BCUT2D eigenvalue weighted by atomic mass is 9.96. The quantitative estimate of drug-likeness (QED) is 0.671. The largest absolute Gasteiger partial charge is 0.508 e. The van der Waals surface area contributed by atoms with E-state index in [2.05, 4.69) is 0 Å². The van der Waals surface area contributed by atoms with Crippen LogP contribution in [0.2, 0.25) is 0 Å². The fourth-order valence-corrected chi connectivity index (χ4v) is 1.39. The number of hydrogen-bond donors (Lipinski definition) is 1. The molecule has 13 heavy (non-hydrogen) atoms. The molecular weight excluding hydrogens is 164 g/mol. The number of Topliss-reactive ketones (excluding diaryl/α,β-unsaturated/α-hetero) is 1. The molecule has 2 heteroatoms. The highest BCUT2D eigenvalue weighted by atomic mass is 16.3. The molecule has 0 heterocycles. The molecule has 0 saturated carbocycles.